The van der Waals surface area contributed by atoms with Gasteiger partial charge in [0.1, 0.15) is 27.9 Å². The number of hydrogen-bond donors (Lipinski definition) is 0. The second kappa shape index (κ2) is 11.1. The van der Waals surface area contributed by atoms with Crippen molar-refractivity contribution in [2.75, 3.05) is 13.2 Å². The molecule has 1 aliphatic rings. The van der Waals surface area contributed by atoms with Crippen LogP contribution in [0.25, 0.3) is 11.0 Å². The Bertz CT molecular complexity index is 1480. The molecule has 212 valence electrons. The average Bonchev–Trinajstić information content (AvgIpc) is 2.84. The molecule has 1 atom stereocenters. The molecule has 0 N–H and O–H groups in total. The maximum atomic E-state index is 13.5. The van der Waals surface area contributed by atoms with Gasteiger partial charge in [0, 0.05) is 23.9 Å². The molecule has 0 amide bonds. The van der Waals surface area contributed by atoms with Gasteiger partial charge in [-0.05, 0) is 66.0 Å². The van der Waals surface area contributed by atoms with Crippen LogP contribution in [0, 0.1) is 0 Å². The van der Waals surface area contributed by atoms with Gasteiger partial charge in [-0.2, -0.15) is 8.42 Å². The zero-order valence-corrected chi connectivity index (χ0v) is 25.0. The van der Waals surface area contributed by atoms with E-state index in [9.17, 15) is 13.2 Å². The summed E-state index contributed by atoms with van der Waals surface area (Å²) in [5, 5.41) is 0.801. The summed E-state index contributed by atoms with van der Waals surface area (Å²) in [4.78, 5) is 11.9. The third-order valence-electron chi connectivity index (χ3n) is 7.33. The first-order chi connectivity index (χ1) is 18.2. The van der Waals surface area contributed by atoms with E-state index in [1.807, 2.05) is 59.7 Å². The van der Waals surface area contributed by atoms with Crippen LogP contribution >= 0.6 is 0 Å². The van der Waals surface area contributed by atoms with Crippen molar-refractivity contribution in [1.29, 1.82) is 0 Å². The van der Waals surface area contributed by atoms with Crippen molar-refractivity contribution in [2.24, 2.45) is 0 Å². The quantitative estimate of drug-likeness (QED) is 0.165. The summed E-state index contributed by atoms with van der Waals surface area (Å²) in [6.45, 7) is 16.1. The van der Waals surface area contributed by atoms with Crippen LogP contribution in [0.5, 0.6) is 5.75 Å². The van der Waals surface area contributed by atoms with E-state index < -0.39 is 21.3 Å². The molecule has 4 rings (SSSR count). The molecule has 0 fully saturated rings. The van der Waals surface area contributed by atoms with E-state index in [-0.39, 0.29) is 42.0 Å². The van der Waals surface area contributed by atoms with Crippen LogP contribution in [-0.2, 0) is 25.5 Å². The van der Waals surface area contributed by atoms with Gasteiger partial charge in [0.25, 0.3) is 10.1 Å². The summed E-state index contributed by atoms with van der Waals surface area (Å²) in [5.41, 5.74) is 3.00. The molecule has 1 aliphatic heterocycles. The molecule has 0 saturated carbocycles. The van der Waals surface area contributed by atoms with Gasteiger partial charge in [0.05, 0.1) is 13.2 Å². The fraction of sp³-hybridized carbons (Fsp3) is 0.516. The Labute approximate surface area is 231 Å². The summed E-state index contributed by atoms with van der Waals surface area (Å²) in [7, 11) is -4.01. The molecule has 39 heavy (non-hydrogen) atoms. The molecule has 8 heteroatoms. The molecule has 1 aromatic heterocycles. The van der Waals surface area contributed by atoms with E-state index in [2.05, 4.69) is 13.8 Å². The van der Waals surface area contributed by atoms with Gasteiger partial charge in [0.2, 0.25) is 0 Å². The molecule has 0 unspecified atom stereocenters. The third-order valence-corrected chi connectivity index (χ3v) is 8.77. The van der Waals surface area contributed by atoms with E-state index in [1.165, 1.54) is 6.07 Å². The van der Waals surface area contributed by atoms with Gasteiger partial charge in [-0.3, -0.25) is 4.18 Å². The molecular weight excluding hydrogens is 516 g/mol. The fourth-order valence-electron chi connectivity index (χ4n) is 5.02. The summed E-state index contributed by atoms with van der Waals surface area (Å²) in [6, 6.07) is 10.8. The molecule has 2 heterocycles. The molecule has 0 bridgehead atoms. The Balaban J connectivity index is 1.50. The SMILES string of the molecule is CC(C)c1cc(C(C)C)c(S(=O)(=O)OCCO[C@H]2Cc3cc4ccc(=O)oc4cc3OC2(C)C)c(C(C)C)c1. The standard InChI is InChI=1S/C31H40O7S/c1-18(2)22-14-24(19(3)4)30(25(15-22)20(5)6)39(33,34)36-12-11-35-28-16-23-13-21-9-10-29(32)37-26(21)17-27(23)38-31(28,7)8/h9-10,13-15,17-20,28H,11-12,16H2,1-8H3/t28-/m0/s1. The summed E-state index contributed by atoms with van der Waals surface area (Å²) in [5.74, 6) is 0.979. The average molecular weight is 557 g/mol. The van der Waals surface area contributed by atoms with Crippen LogP contribution in [0.4, 0.5) is 0 Å². The van der Waals surface area contributed by atoms with Crippen molar-refractivity contribution in [2.45, 2.75) is 96.2 Å². The van der Waals surface area contributed by atoms with Crippen molar-refractivity contribution >= 4 is 21.1 Å². The van der Waals surface area contributed by atoms with Crippen LogP contribution in [0.3, 0.4) is 0 Å². The second-order valence-electron chi connectivity index (χ2n) is 11.8. The highest BCUT2D eigenvalue weighted by molar-refractivity contribution is 7.86. The minimum Gasteiger partial charge on any atom is -0.485 e. The highest BCUT2D eigenvalue weighted by atomic mass is 32.2. The molecule has 0 spiro atoms. The molecule has 2 aromatic carbocycles. The van der Waals surface area contributed by atoms with Gasteiger partial charge in [-0.1, -0.05) is 53.7 Å². The van der Waals surface area contributed by atoms with Gasteiger partial charge >= 0.3 is 5.63 Å². The van der Waals surface area contributed by atoms with Crippen LogP contribution in [0.15, 0.2) is 50.5 Å². The highest BCUT2D eigenvalue weighted by Gasteiger charge is 2.38. The van der Waals surface area contributed by atoms with E-state index in [4.69, 9.17) is 18.1 Å². The Kier molecular flexibility index (Phi) is 8.31. The van der Waals surface area contributed by atoms with E-state index in [0.717, 1.165) is 27.6 Å². The minimum absolute atomic E-state index is 0.0233. The summed E-state index contributed by atoms with van der Waals surface area (Å²) in [6.07, 6.45) is 0.239. The van der Waals surface area contributed by atoms with Crippen molar-refractivity contribution in [1.82, 2.24) is 0 Å². The predicted octanol–water partition coefficient (Wildman–Crippen LogP) is 6.67. The number of hydrogen-bond acceptors (Lipinski definition) is 7. The molecule has 0 radical (unpaired) electrons. The predicted molar refractivity (Wildman–Crippen MR) is 152 cm³/mol. The van der Waals surface area contributed by atoms with E-state index in [0.29, 0.717) is 17.8 Å². The molecular formula is C31H40O7S. The normalized spacial score (nSPS) is 17.2. The maximum Gasteiger partial charge on any atom is 0.336 e. The van der Waals surface area contributed by atoms with Gasteiger partial charge < -0.3 is 13.9 Å². The maximum absolute atomic E-state index is 13.5. The lowest BCUT2D eigenvalue weighted by Gasteiger charge is -2.39. The number of fused-ring (bicyclic) bond motifs is 2. The van der Waals surface area contributed by atoms with Gasteiger partial charge in [-0.15, -0.1) is 0 Å². The van der Waals surface area contributed by atoms with Crippen LogP contribution in [0.2, 0.25) is 0 Å². The monoisotopic (exact) mass is 556 g/mol. The highest BCUT2D eigenvalue weighted by Crippen LogP contribution is 2.38. The Morgan fingerprint density at radius 2 is 1.56 bits per heavy atom. The van der Waals surface area contributed by atoms with Crippen molar-refractivity contribution in [3.63, 3.8) is 0 Å². The first-order valence-corrected chi connectivity index (χ1v) is 15.0. The van der Waals surface area contributed by atoms with Gasteiger partial charge in [0.15, 0.2) is 0 Å². The Morgan fingerprint density at radius 3 is 2.15 bits per heavy atom. The zero-order valence-electron chi connectivity index (χ0n) is 24.2. The number of ether oxygens (including phenoxy) is 2. The second-order valence-corrected chi connectivity index (χ2v) is 13.3. The first-order valence-electron chi connectivity index (χ1n) is 13.6. The Morgan fingerprint density at radius 1 is 0.923 bits per heavy atom. The third kappa shape index (κ3) is 6.23. The Hall–Kier alpha value is -2.68. The molecule has 0 saturated heterocycles. The van der Waals surface area contributed by atoms with Crippen molar-refractivity contribution < 1.29 is 26.5 Å². The fourth-order valence-corrected chi connectivity index (χ4v) is 6.60. The van der Waals surface area contributed by atoms with Crippen molar-refractivity contribution in [3.8, 4) is 5.75 Å². The number of benzene rings is 2. The molecule has 0 aliphatic carbocycles. The lowest BCUT2D eigenvalue weighted by molar-refractivity contribution is -0.0881. The topological polar surface area (TPSA) is 92.0 Å². The van der Waals surface area contributed by atoms with Crippen LogP contribution < -0.4 is 10.4 Å². The summed E-state index contributed by atoms with van der Waals surface area (Å²) >= 11 is 0. The van der Waals surface area contributed by atoms with Crippen LogP contribution in [-0.4, -0.2) is 33.3 Å². The van der Waals surface area contributed by atoms with Gasteiger partial charge in [-0.25, -0.2) is 4.79 Å². The first kappa shape index (κ1) is 29.3. The smallest absolute Gasteiger partial charge is 0.336 e. The van der Waals surface area contributed by atoms with Crippen molar-refractivity contribution in [3.05, 3.63) is 69.1 Å². The van der Waals surface area contributed by atoms with E-state index >= 15 is 0 Å². The lowest BCUT2D eigenvalue weighted by Crippen LogP contribution is -2.48. The van der Waals surface area contributed by atoms with E-state index in [1.54, 1.807) is 12.1 Å². The lowest BCUT2D eigenvalue weighted by atomic mass is 9.89. The largest absolute Gasteiger partial charge is 0.485 e. The number of rotatable bonds is 9. The molecule has 7 nitrogen and oxygen atoms in total. The zero-order chi connectivity index (χ0) is 28.7. The minimum atomic E-state index is -4.01. The summed E-state index contributed by atoms with van der Waals surface area (Å²) < 4.78 is 50.2. The molecule has 3 aromatic rings. The van der Waals surface area contributed by atoms with Crippen LogP contribution in [0.1, 0.15) is 95.4 Å².